The van der Waals surface area contributed by atoms with Crippen LogP contribution < -0.4 is 10.6 Å². The molecule has 168 valence electrons. The van der Waals surface area contributed by atoms with Gasteiger partial charge in [-0.25, -0.2) is 0 Å². The molecule has 2 amide bonds. The Labute approximate surface area is 188 Å². The van der Waals surface area contributed by atoms with E-state index in [2.05, 4.69) is 20.6 Å². The molecular weight excluding hydrogens is 404 g/mol. The van der Waals surface area contributed by atoms with Gasteiger partial charge in [0.1, 0.15) is 0 Å². The topological polar surface area (TPSA) is 90.5 Å². The molecule has 2 atom stereocenters. The Morgan fingerprint density at radius 2 is 1.22 bits per heavy atom. The van der Waals surface area contributed by atoms with Gasteiger partial charge >= 0.3 is 0 Å². The summed E-state index contributed by atoms with van der Waals surface area (Å²) in [5.41, 5.74) is 3.80. The maximum atomic E-state index is 12.2. The van der Waals surface area contributed by atoms with Crippen LogP contribution in [0.5, 0.6) is 0 Å². The molecule has 4 aliphatic heterocycles. The van der Waals surface area contributed by atoms with Crippen molar-refractivity contribution in [3.05, 3.63) is 59.2 Å². The normalized spacial score (nSPS) is 24.6. The Balaban J connectivity index is 0.000000135. The number of rotatable bonds is 2. The average Bonchev–Trinajstić information content (AvgIpc) is 3.38. The summed E-state index contributed by atoms with van der Waals surface area (Å²) in [7, 11) is 0. The minimum Gasteiger partial charge on any atom is -0.330 e. The smallest absolute Gasteiger partial charge is 0.256 e. The first kappa shape index (κ1) is 21.0. The summed E-state index contributed by atoms with van der Waals surface area (Å²) >= 11 is 0. The molecule has 0 unspecified atom stereocenters. The summed E-state index contributed by atoms with van der Waals surface area (Å²) in [6.45, 7) is 5.51. The Bertz CT molecular complexity index is 904. The molecule has 6 rings (SSSR count). The second kappa shape index (κ2) is 9.34. The van der Waals surface area contributed by atoms with Gasteiger partial charge < -0.3 is 20.4 Å². The SMILES string of the molecule is O=C1c2cnccc2CN1[C@H]1CCCNC1.O=C1c2cnccc2CN1[C@H]1CCCNC1. The number of aromatic nitrogens is 2. The fourth-order valence-electron chi connectivity index (χ4n) is 5.12. The first-order chi connectivity index (χ1) is 15.7. The maximum absolute atomic E-state index is 12.2. The van der Waals surface area contributed by atoms with Gasteiger partial charge in [-0.3, -0.25) is 19.6 Å². The first-order valence-corrected chi connectivity index (χ1v) is 11.6. The molecule has 0 spiro atoms. The molecule has 2 fully saturated rings. The van der Waals surface area contributed by atoms with Gasteiger partial charge in [-0.15, -0.1) is 0 Å². The van der Waals surface area contributed by atoms with Gasteiger partial charge in [0.15, 0.2) is 0 Å². The summed E-state index contributed by atoms with van der Waals surface area (Å²) in [6.07, 6.45) is 11.4. The zero-order chi connectivity index (χ0) is 21.9. The third-order valence-corrected chi connectivity index (χ3v) is 6.91. The summed E-state index contributed by atoms with van der Waals surface area (Å²) in [5.74, 6) is 0.300. The highest BCUT2D eigenvalue weighted by atomic mass is 16.2. The molecule has 2 aromatic heterocycles. The Hall–Kier alpha value is -2.84. The van der Waals surface area contributed by atoms with E-state index in [0.29, 0.717) is 12.1 Å². The highest BCUT2D eigenvalue weighted by Crippen LogP contribution is 2.26. The highest BCUT2D eigenvalue weighted by molar-refractivity contribution is 5.98. The van der Waals surface area contributed by atoms with E-state index in [-0.39, 0.29) is 11.8 Å². The summed E-state index contributed by atoms with van der Waals surface area (Å²) in [6, 6.07) is 4.61. The van der Waals surface area contributed by atoms with Crippen molar-refractivity contribution < 1.29 is 9.59 Å². The molecule has 6 heterocycles. The molecule has 32 heavy (non-hydrogen) atoms. The zero-order valence-electron chi connectivity index (χ0n) is 18.3. The molecule has 0 bridgehead atoms. The number of pyridine rings is 2. The van der Waals surface area contributed by atoms with Crippen molar-refractivity contribution in [1.82, 2.24) is 30.4 Å². The van der Waals surface area contributed by atoms with Crippen LogP contribution in [0.25, 0.3) is 0 Å². The Kier molecular flexibility index (Phi) is 6.14. The predicted molar refractivity (Wildman–Crippen MR) is 120 cm³/mol. The van der Waals surface area contributed by atoms with Gasteiger partial charge in [0.2, 0.25) is 0 Å². The van der Waals surface area contributed by atoms with E-state index in [4.69, 9.17) is 0 Å². The lowest BCUT2D eigenvalue weighted by Crippen LogP contribution is -2.46. The molecule has 4 aliphatic rings. The second-order valence-electron chi connectivity index (χ2n) is 8.93. The number of nitrogens with zero attached hydrogens (tertiary/aromatic N) is 4. The minimum atomic E-state index is 0.150. The largest absolute Gasteiger partial charge is 0.330 e. The van der Waals surface area contributed by atoms with Crippen LogP contribution in [-0.2, 0) is 13.1 Å². The maximum Gasteiger partial charge on any atom is 0.256 e. The molecule has 8 nitrogen and oxygen atoms in total. The number of piperidine rings is 2. The highest BCUT2D eigenvalue weighted by Gasteiger charge is 2.34. The van der Waals surface area contributed by atoms with Gasteiger partial charge in [-0.2, -0.15) is 0 Å². The average molecular weight is 435 g/mol. The fourth-order valence-corrected chi connectivity index (χ4v) is 5.12. The van der Waals surface area contributed by atoms with Gasteiger partial charge in [-0.1, -0.05) is 0 Å². The van der Waals surface area contributed by atoms with Crippen molar-refractivity contribution >= 4 is 11.8 Å². The van der Waals surface area contributed by atoms with Crippen LogP contribution in [0.1, 0.15) is 57.5 Å². The van der Waals surface area contributed by atoms with Crippen molar-refractivity contribution in [2.75, 3.05) is 26.2 Å². The number of hydrogen-bond acceptors (Lipinski definition) is 6. The van der Waals surface area contributed by atoms with Crippen LogP contribution >= 0.6 is 0 Å². The van der Waals surface area contributed by atoms with Crippen molar-refractivity contribution in [2.45, 2.75) is 50.9 Å². The molecule has 2 aromatic rings. The lowest BCUT2D eigenvalue weighted by atomic mass is 10.1. The Morgan fingerprint density at radius 1 is 0.750 bits per heavy atom. The van der Waals surface area contributed by atoms with Gasteiger partial charge in [0.25, 0.3) is 11.8 Å². The third kappa shape index (κ3) is 4.12. The molecule has 0 radical (unpaired) electrons. The number of carbonyl (C=O) groups is 2. The van der Waals surface area contributed by atoms with Crippen LogP contribution in [0, 0.1) is 0 Å². The summed E-state index contributed by atoms with van der Waals surface area (Å²) < 4.78 is 0. The van der Waals surface area contributed by atoms with E-state index in [1.807, 2.05) is 21.9 Å². The molecule has 2 N–H and O–H groups in total. The van der Waals surface area contributed by atoms with Crippen LogP contribution in [0.2, 0.25) is 0 Å². The molecule has 0 saturated carbocycles. The second-order valence-corrected chi connectivity index (χ2v) is 8.93. The van der Waals surface area contributed by atoms with E-state index in [0.717, 1.165) is 87.2 Å². The van der Waals surface area contributed by atoms with Crippen LogP contribution in [0.15, 0.2) is 36.9 Å². The standard InChI is InChI=1S/2C12H15N3O/c2*16-12-11-7-14-5-3-9(11)8-15(12)10-2-1-4-13-6-10/h2*3,5,7,10,13H,1-2,4,6,8H2/t2*10-/m00/s1. The van der Waals surface area contributed by atoms with Crippen LogP contribution in [0.3, 0.4) is 0 Å². The Morgan fingerprint density at radius 3 is 1.59 bits per heavy atom. The van der Waals surface area contributed by atoms with E-state index in [9.17, 15) is 9.59 Å². The number of hydrogen-bond donors (Lipinski definition) is 2. The van der Waals surface area contributed by atoms with Gasteiger partial charge in [0.05, 0.1) is 11.1 Å². The van der Waals surface area contributed by atoms with Crippen molar-refractivity contribution in [1.29, 1.82) is 0 Å². The van der Waals surface area contributed by atoms with Crippen LogP contribution in [-0.4, -0.2) is 69.8 Å². The van der Waals surface area contributed by atoms with Crippen molar-refractivity contribution in [3.8, 4) is 0 Å². The first-order valence-electron chi connectivity index (χ1n) is 11.6. The van der Waals surface area contributed by atoms with Gasteiger partial charge in [0, 0.05) is 63.1 Å². The minimum absolute atomic E-state index is 0.150. The fraction of sp³-hybridized carbons (Fsp3) is 0.500. The molecule has 0 aliphatic carbocycles. The quantitative estimate of drug-likeness (QED) is 0.746. The number of carbonyl (C=O) groups excluding carboxylic acids is 2. The summed E-state index contributed by atoms with van der Waals surface area (Å²) in [5, 5.41) is 6.70. The lowest BCUT2D eigenvalue weighted by Gasteiger charge is -2.31. The van der Waals surface area contributed by atoms with E-state index < -0.39 is 0 Å². The van der Waals surface area contributed by atoms with E-state index in [1.165, 1.54) is 0 Å². The molecule has 8 heteroatoms. The predicted octanol–water partition coefficient (Wildman–Crippen LogP) is 1.58. The van der Waals surface area contributed by atoms with Crippen LogP contribution in [0.4, 0.5) is 0 Å². The van der Waals surface area contributed by atoms with Crippen molar-refractivity contribution in [3.63, 3.8) is 0 Å². The third-order valence-electron chi connectivity index (χ3n) is 6.91. The van der Waals surface area contributed by atoms with E-state index in [1.54, 1.807) is 24.8 Å². The molecule has 2 saturated heterocycles. The van der Waals surface area contributed by atoms with Gasteiger partial charge in [-0.05, 0) is 62.0 Å². The summed E-state index contributed by atoms with van der Waals surface area (Å²) in [4.78, 5) is 36.3. The number of fused-ring (bicyclic) bond motifs is 2. The molecule has 0 aromatic carbocycles. The number of nitrogens with one attached hydrogen (secondary N) is 2. The molecular formula is C24H30N6O2. The zero-order valence-corrected chi connectivity index (χ0v) is 18.3. The van der Waals surface area contributed by atoms with E-state index >= 15 is 0 Å². The van der Waals surface area contributed by atoms with Crippen molar-refractivity contribution in [2.24, 2.45) is 0 Å². The number of amides is 2. The lowest BCUT2D eigenvalue weighted by molar-refractivity contribution is 0.0667. The monoisotopic (exact) mass is 434 g/mol.